The highest BCUT2D eigenvalue weighted by atomic mass is 16.7. The first-order chi connectivity index (χ1) is 21.5. The third kappa shape index (κ3) is 6.11. The Hall–Kier alpha value is -3.71. The lowest BCUT2D eigenvalue weighted by Gasteiger charge is -2.40. The zero-order valence-electron chi connectivity index (χ0n) is 24.3. The SMILES string of the molecule is COc1cc(O)c2c(=O)c(-c3cc(OC)c(OC)c(O[C@@H]4O[C@H](CO[C@@H]5O[C@H](CO)[C@H](O)[C@@H]5O)[C@@H](O)[C@H](O)[C@H]4O)c3)coc2c1. The molecule has 3 aromatic rings. The maximum Gasteiger partial charge on any atom is 0.229 e. The van der Waals surface area contributed by atoms with Crippen LogP contribution in [0.25, 0.3) is 22.1 Å². The summed E-state index contributed by atoms with van der Waals surface area (Å²) in [7, 11) is 4.05. The first-order valence-electron chi connectivity index (χ1n) is 13.7. The number of benzene rings is 2. The van der Waals surface area contributed by atoms with Crippen LogP contribution in [0.5, 0.6) is 28.7 Å². The lowest BCUT2D eigenvalue weighted by molar-refractivity contribution is -0.290. The molecule has 0 bridgehead atoms. The maximum atomic E-state index is 13.5. The molecule has 0 spiro atoms. The van der Waals surface area contributed by atoms with E-state index < -0.39 is 74.0 Å². The summed E-state index contributed by atoms with van der Waals surface area (Å²) in [6.07, 6.45) is -12.5. The molecule has 2 aliphatic heterocycles. The first kappa shape index (κ1) is 32.7. The molecule has 0 saturated carbocycles. The van der Waals surface area contributed by atoms with E-state index in [0.29, 0.717) is 0 Å². The van der Waals surface area contributed by atoms with Gasteiger partial charge in [0.05, 0.1) is 40.1 Å². The fourth-order valence-corrected chi connectivity index (χ4v) is 5.17. The van der Waals surface area contributed by atoms with Gasteiger partial charge < -0.3 is 73.3 Å². The zero-order valence-corrected chi connectivity index (χ0v) is 24.3. The van der Waals surface area contributed by atoms with Gasteiger partial charge in [-0.1, -0.05) is 0 Å². The highest BCUT2D eigenvalue weighted by Crippen LogP contribution is 2.43. The quantitative estimate of drug-likeness (QED) is 0.139. The smallest absolute Gasteiger partial charge is 0.229 e. The summed E-state index contributed by atoms with van der Waals surface area (Å²) in [6.45, 7) is -1.08. The van der Waals surface area contributed by atoms with Crippen LogP contribution in [0.2, 0.25) is 0 Å². The van der Waals surface area contributed by atoms with Crippen LogP contribution in [0.15, 0.2) is 39.7 Å². The topological polar surface area (TPSA) is 236 Å². The number of hydrogen-bond acceptors (Lipinski definition) is 16. The Balaban J connectivity index is 1.44. The molecule has 2 aliphatic rings. The molecule has 2 saturated heterocycles. The van der Waals surface area contributed by atoms with Gasteiger partial charge in [-0.2, -0.15) is 0 Å². The van der Waals surface area contributed by atoms with Gasteiger partial charge in [0.2, 0.25) is 17.5 Å². The molecular weight excluding hydrogens is 604 g/mol. The number of fused-ring (bicyclic) bond motifs is 1. The van der Waals surface area contributed by atoms with Crippen molar-refractivity contribution in [3.8, 4) is 39.9 Å². The van der Waals surface area contributed by atoms with Crippen LogP contribution in [-0.4, -0.2) is 126 Å². The molecule has 246 valence electrons. The summed E-state index contributed by atoms with van der Waals surface area (Å²) in [4.78, 5) is 13.5. The minimum absolute atomic E-state index is 0.000827. The second-order valence-corrected chi connectivity index (χ2v) is 10.4. The van der Waals surface area contributed by atoms with Crippen LogP contribution in [0.4, 0.5) is 0 Å². The van der Waals surface area contributed by atoms with E-state index in [1.165, 1.54) is 51.9 Å². The Morgan fingerprint density at radius 2 is 1.44 bits per heavy atom. The van der Waals surface area contributed by atoms with Gasteiger partial charge >= 0.3 is 0 Å². The van der Waals surface area contributed by atoms with Gasteiger partial charge in [0.1, 0.15) is 71.5 Å². The summed E-state index contributed by atoms with van der Waals surface area (Å²) in [5.41, 5.74) is -0.319. The minimum Gasteiger partial charge on any atom is -0.507 e. The van der Waals surface area contributed by atoms with E-state index in [4.69, 9.17) is 37.6 Å². The normalized spacial score (nSPS) is 29.9. The van der Waals surface area contributed by atoms with E-state index in [1.807, 2.05) is 0 Å². The summed E-state index contributed by atoms with van der Waals surface area (Å²) in [5, 5.41) is 71.6. The number of aliphatic hydroxyl groups is 6. The molecule has 5 rings (SSSR count). The predicted octanol–water partition coefficient (Wildman–Crippen LogP) is -1.17. The van der Waals surface area contributed by atoms with Crippen molar-refractivity contribution in [3.05, 3.63) is 40.8 Å². The molecule has 1 aromatic heterocycles. The average molecular weight is 639 g/mol. The molecule has 3 heterocycles. The van der Waals surface area contributed by atoms with E-state index in [9.17, 15) is 40.5 Å². The standard InChI is InChI=1S/C29H34O16/c1-38-12-6-14(31)20-15(7-12)41-9-13(21(20)32)11-4-16(39-2)27(40-3)17(5-11)43-29-26(37)24(35)23(34)19(45-29)10-42-28-25(36)22(33)18(8-30)44-28/h4-7,9,18-19,22-26,28-31,33-37H,8,10H2,1-3H3/t18-,19-,22+,23-,24+,25+,26-,28-,29-/m1/s1. The molecule has 2 fully saturated rings. The highest BCUT2D eigenvalue weighted by molar-refractivity contribution is 5.88. The molecule has 7 N–H and O–H groups in total. The van der Waals surface area contributed by atoms with Crippen molar-refractivity contribution in [1.82, 2.24) is 0 Å². The van der Waals surface area contributed by atoms with Gasteiger partial charge in [-0.25, -0.2) is 0 Å². The fraction of sp³-hybridized carbons (Fsp3) is 0.483. The van der Waals surface area contributed by atoms with Crippen molar-refractivity contribution in [2.75, 3.05) is 34.5 Å². The van der Waals surface area contributed by atoms with Crippen molar-refractivity contribution in [3.63, 3.8) is 0 Å². The Morgan fingerprint density at radius 1 is 0.778 bits per heavy atom. The average Bonchev–Trinajstić information content (AvgIpc) is 3.31. The largest absolute Gasteiger partial charge is 0.507 e. The lowest BCUT2D eigenvalue weighted by Crippen LogP contribution is -2.60. The molecule has 0 amide bonds. The molecule has 9 atom stereocenters. The van der Waals surface area contributed by atoms with Gasteiger partial charge in [-0.05, 0) is 17.7 Å². The monoisotopic (exact) mass is 638 g/mol. The van der Waals surface area contributed by atoms with Crippen LogP contribution in [-0.2, 0) is 14.2 Å². The van der Waals surface area contributed by atoms with Crippen molar-refractivity contribution < 1.29 is 73.3 Å². The summed E-state index contributed by atoms with van der Waals surface area (Å²) in [6, 6.07) is 5.52. The summed E-state index contributed by atoms with van der Waals surface area (Å²) < 4.78 is 44.0. The lowest BCUT2D eigenvalue weighted by atomic mass is 9.99. The number of phenols is 1. The third-order valence-electron chi connectivity index (χ3n) is 7.66. The van der Waals surface area contributed by atoms with Gasteiger partial charge in [0.25, 0.3) is 0 Å². The van der Waals surface area contributed by atoms with Crippen molar-refractivity contribution in [2.24, 2.45) is 0 Å². The molecule has 2 aromatic carbocycles. The van der Waals surface area contributed by atoms with E-state index in [2.05, 4.69) is 0 Å². The van der Waals surface area contributed by atoms with E-state index in [-0.39, 0.29) is 50.8 Å². The number of methoxy groups -OCH3 is 3. The number of phenolic OH excluding ortho intramolecular Hbond substituents is 1. The number of rotatable bonds is 10. The number of hydrogen-bond donors (Lipinski definition) is 7. The van der Waals surface area contributed by atoms with Crippen molar-refractivity contribution in [2.45, 2.75) is 55.3 Å². The Kier molecular flexibility index (Phi) is 9.68. The summed E-state index contributed by atoms with van der Waals surface area (Å²) >= 11 is 0. The number of aliphatic hydroxyl groups excluding tert-OH is 6. The third-order valence-corrected chi connectivity index (χ3v) is 7.66. The molecule has 45 heavy (non-hydrogen) atoms. The molecule has 16 nitrogen and oxygen atoms in total. The Labute approximate surface area is 255 Å². The van der Waals surface area contributed by atoms with Crippen LogP contribution in [0.3, 0.4) is 0 Å². The van der Waals surface area contributed by atoms with Crippen LogP contribution < -0.4 is 24.4 Å². The number of ether oxygens (including phenoxy) is 7. The molecule has 0 radical (unpaired) electrons. The Bertz CT molecular complexity index is 1560. The van der Waals surface area contributed by atoms with Gasteiger partial charge in [0, 0.05) is 12.1 Å². The fourth-order valence-electron chi connectivity index (χ4n) is 5.17. The second kappa shape index (κ2) is 13.3. The van der Waals surface area contributed by atoms with E-state index >= 15 is 0 Å². The van der Waals surface area contributed by atoms with Crippen LogP contribution in [0.1, 0.15) is 0 Å². The maximum absolute atomic E-state index is 13.5. The zero-order chi connectivity index (χ0) is 32.6. The molecule has 16 heteroatoms. The molecular formula is C29H34O16. The second-order valence-electron chi connectivity index (χ2n) is 10.4. The summed E-state index contributed by atoms with van der Waals surface area (Å²) in [5.74, 6) is -0.0821. The van der Waals surface area contributed by atoms with Gasteiger partial charge in [-0.15, -0.1) is 0 Å². The van der Waals surface area contributed by atoms with Crippen molar-refractivity contribution in [1.29, 1.82) is 0 Å². The van der Waals surface area contributed by atoms with Crippen molar-refractivity contribution >= 4 is 11.0 Å². The van der Waals surface area contributed by atoms with Gasteiger partial charge in [0.15, 0.2) is 17.8 Å². The van der Waals surface area contributed by atoms with Crippen LogP contribution >= 0.6 is 0 Å². The molecule has 0 unspecified atom stereocenters. The predicted molar refractivity (Wildman–Crippen MR) is 150 cm³/mol. The van der Waals surface area contributed by atoms with Crippen LogP contribution in [0, 0.1) is 0 Å². The first-order valence-corrected chi connectivity index (χ1v) is 13.7. The number of aromatic hydroxyl groups is 1. The van der Waals surface area contributed by atoms with E-state index in [0.717, 1.165) is 0 Å². The molecule has 0 aliphatic carbocycles. The minimum atomic E-state index is -1.79. The highest BCUT2D eigenvalue weighted by Gasteiger charge is 2.48. The van der Waals surface area contributed by atoms with Gasteiger partial charge in [-0.3, -0.25) is 4.79 Å². The van der Waals surface area contributed by atoms with E-state index in [1.54, 1.807) is 0 Å². The Morgan fingerprint density at radius 3 is 2.09 bits per heavy atom.